The maximum atomic E-state index is 12.7. The summed E-state index contributed by atoms with van der Waals surface area (Å²) in [5, 5.41) is 10.5. The van der Waals surface area contributed by atoms with Crippen molar-refractivity contribution in [3.05, 3.63) is 79.6 Å². The zero-order valence-corrected chi connectivity index (χ0v) is 18.4. The van der Waals surface area contributed by atoms with Crippen LogP contribution >= 0.6 is 23.2 Å². The second kappa shape index (κ2) is 8.79. The number of halogens is 2. The van der Waals surface area contributed by atoms with E-state index in [4.69, 9.17) is 23.2 Å². The molecule has 158 valence electrons. The molecule has 0 aliphatic heterocycles. The highest BCUT2D eigenvalue weighted by Crippen LogP contribution is 2.28. The zero-order valence-electron chi connectivity index (χ0n) is 16.1. The predicted octanol–water partition coefficient (Wildman–Crippen LogP) is 4.03. The minimum atomic E-state index is -3.26. The Labute approximate surface area is 183 Å². The lowest BCUT2D eigenvalue weighted by molar-refractivity contribution is 0.0695. The van der Waals surface area contributed by atoms with Gasteiger partial charge in [0.25, 0.3) is 0 Å². The Morgan fingerprint density at radius 2 is 1.90 bits per heavy atom. The normalized spacial score (nSPS) is 11.7. The van der Waals surface area contributed by atoms with Crippen molar-refractivity contribution in [2.24, 2.45) is 0 Å². The SMILES string of the molecule is CCS(=O)(=O)CCn1cc(C(=O)O)c(=O)c2cc(Cc3cccc(Cl)c3Cl)ccc21. The van der Waals surface area contributed by atoms with Gasteiger partial charge in [0.05, 0.1) is 21.3 Å². The van der Waals surface area contributed by atoms with Gasteiger partial charge in [-0.25, -0.2) is 13.2 Å². The molecule has 2 aromatic carbocycles. The number of carbonyl (C=O) groups is 1. The van der Waals surface area contributed by atoms with Gasteiger partial charge < -0.3 is 9.67 Å². The van der Waals surface area contributed by atoms with Gasteiger partial charge >= 0.3 is 5.97 Å². The molecule has 0 aliphatic rings. The van der Waals surface area contributed by atoms with Crippen LogP contribution in [0.15, 0.2) is 47.4 Å². The van der Waals surface area contributed by atoms with Crippen molar-refractivity contribution in [2.75, 3.05) is 11.5 Å². The fourth-order valence-electron chi connectivity index (χ4n) is 3.18. The average Bonchev–Trinajstić information content (AvgIpc) is 2.71. The first-order chi connectivity index (χ1) is 14.1. The molecule has 30 heavy (non-hydrogen) atoms. The third-order valence-electron chi connectivity index (χ3n) is 4.88. The molecule has 1 N–H and O–H groups in total. The lowest BCUT2D eigenvalue weighted by atomic mass is 10.0. The van der Waals surface area contributed by atoms with Crippen LogP contribution in [0.2, 0.25) is 10.0 Å². The quantitative estimate of drug-likeness (QED) is 0.565. The van der Waals surface area contributed by atoms with Gasteiger partial charge in [-0.2, -0.15) is 0 Å². The number of sulfone groups is 1. The Balaban J connectivity index is 2.11. The number of rotatable bonds is 7. The standard InChI is InChI=1S/C21H19Cl2NO5S/c1-2-30(28,29)9-8-24-12-16(21(26)27)20(25)15-11-13(6-7-18(15)24)10-14-4-3-5-17(22)19(14)23/h3-7,11-12H,2,8-10H2,1H3,(H,26,27). The van der Waals surface area contributed by atoms with Crippen LogP contribution in [0, 0.1) is 0 Å². The van der Waals surface area contributed by atoms with Gasteiger partial charge in [0.15, 0.2) is 9.84 Å². The summed E-state index contributed by atoms with van der Waals surface area (Å²) >= 11 is 12.3. The highest BCUT2D eigenvalue weighted by atomic mass is 35.5. The van der Waals surface area contributed by atoms with Crippen LogP contribution in [-0.2, 0) is 22.8 Å². The van der Waals surface area contributed by atoms with Crippen molar-refractivity contribution in [2.45, 2.75) is 19.9 Å². The molecule has 0 bridgehead atoms. The van der Waals surface area contributed by atoms with Crippen molar-refractivity contribution < 1.29 is 18.3 Å². The molecule has 0 saturated carbocycles. The second-order valence-corrected chi connectivity index (χ2v) is 10.1. The van der Waals surface area contributed by atoms with E-state index in [9.17, 15) is 23.1 Å². The summed E-state index contributed by atoms with van der Waals surface area (Å²) in [6, 6.07) is 10.4. The van der Waals surface area contributed by atoms with E-state index >= 15 is 0 Å². The van der Waals surface area contributed by atoms with Crippen LogP contribution in [-0.4, -0.2) is 35.6 Å². The van der Waals surface area contributed by atoms with Gasteiger partial charge in [-0.1, -0.05) is 48.3 Å². The molecule has 0 spiro atoms. The highest BCUT2D eigenvalue weighted by molar-refractivity contribution is 7.91. The molecule has 0 atom stereocenters. The number of fused-ring (bicyclic) bond motifs is 1. The maximum absolute atomic E-state index is 12.7. The number of nitrogens with zero attached hydrogens (tertiary/aromatic N) is 1. The van der Waals surface area contributed by atoms with E-state index < -0.39 is 26.8 Å². The Bertz CT molecular complexity index is 1300. The molecule has 0 radical (unpaired) electrons. The molecule has 0 fully saturated rings. The van der Waals surface area contributed by atoms with Crippen molar-refractivity contribution in [1.82, 2.24) is 4.57 Å². The number of aromatic carboxylic acids is 1. The molecule has 0 unspecified atom stereocenters. The molecule has 3 aromatic rings. The summed E-state index contributed by atoms with van der Waals surface area (Å²) in [5.41, 5.74) is 0.962. The first-order valence-corrected chi connectivity index (χ1v) is 11.7. The Hall–Kier alpha value is -2.35. The Kier molecular flexibility index (Phi) is 6.55. The minimum Gasteiger partial charge on any atom is -0.477 e. The van der Waals surface area contributed by atoms with E-state index in [1.807, 2.05) is 6.07 Å². The van der Waals surface area contributed by atoms with Gasteiger partial charge in [-0.05, 0) is 35.7 Å². The average molecular weight is 468 g/mol. The lowest BCUT2D eigenvalue weighted by Gasteiger charge is -2.14. The number of aryl methyl sites for hydroxylation is 1. The van der Waals surface area contributed by atoms with E-state index in [1.165, 1.54) is 10.8 Å². The molecule has 0 saturated heterocycles. The third kappa shape index (κ3) is 4.69. The molecule has 1 heterocycles. The topological polar surface area (TPSA) is 93.4 Å². The van der Waals surface area contributed by atoms with E-state index in [0.717, 1.165) is 11.1 Å². The van der Waals surface area contributed by atoms with Crippen LogP contribution in [0.3, 0.4) is 0 Å². The first-order valence-electron chi connectivity index (χ1n) is 9.15. The molecular formula is C21H19Cl2NO5S. The van der Waals surface area contributed by atoms with Gasteiger partial charge in [0.2, 0.25) is 5.43 Å². The van der Waals surface area contributed by atoms with Crippen LogP contribution in [0.1, 0.15) is 28.4 Å². The number of pyridine rings is 1. The fraction of sp³-hybridized carbons (Fsp3) is 0.238. The van der Waals surface area contributed by atoms with Gasteiger partial charge in [0.1, 0.15) is 5.56 Å². The van der Waals surface area contributed by atoms with Crippen LogP contribution in [0.5, 0.6) is 0 Å². The lowest BCUT2D eigenvalue weighted by Crippen LogP contribution is -2.21. The smallest absolute Gasteiger partial charge is 0.341 e. The Morgan fingerprint density at radius 1 is 1.17 bits per heavy atom. The summed E-state index contributed by atoms with van der Waals surface area (Å²) in [6.07, 6.45) is 1.60. The zero-order chi connectivity index (χ0) is 22.1. The highest BCUT2D eigenvalue weighted by Gasteiger charge is 2.17. The van der Waals surface area contributed by atoms with E-state index in [-0.39, 0.29) is 23.4 Å². The number of aromatic nitrogens is 1. The maximum Gasteiger partial charge on any atom is 0.341 e. The summed E-state index contributed by atoms with van der Waals surface area (Å²) < 4.78 is 25.3. The number of carboxylic acid groups (broad SMARTS) is 1. The summed E-state index contributed by atoms with van der Waals surface area (Å²) in [6.45, 7) is 1.60. The van der Waals surface area contributed by atoms with Crippen molar-refractivity contribution in [3.63, 3.8) is 0 Å². The fourth-order valence-corrected chi connectivity index (χ4v) is 4.33. The molecule has 9 heteroatoms. The molecule has 6 nitrogen and oxygen atoms in total. The molecule has 0 aliphatic carbocycles. The van der Waals surface area contributed by atoms with Crippen molar-refractivity contribution in [1.29, 1.82) is 0 Å². The second-order valence-electron chi connectivity index (χ2n) is 6.85. The molecular weight excluding hydrogens is 449 g/mol. The van der Waals surface area contributed by atoms with E-state index in [0.29, 0.717) is 22.0 Å². The monoisotopic (exact) mass is 467 g/mol. The largest absolute Gasteiger partial charge is 0.477 e. The number of hydrogen-bond acceptors (Lipinski definition) is 4. The molecule has 1 aromatic heterocycles. The van der Waals surface area contributed by atoms with Crippen LogP contribution in [0.4, 0.5) is 0 Å². The number of carboxylic acids is 1. The summed E-state index contributed by atoms with van der Waals surface area (Å²) in [5.74, 6) is -1.53. The third-order valence-corrected chi connectivity index (χ3v) is 7.43. The van der Waals surface area contributed by atoms with Gasteiger partial charge in [-0.15, -0.1) is 0 Å². The van der Waals surface area contributed by atoms with Gasteiger partial charge in [-0.3, -0.25) is 4.79 Å². The van der Waals surface area contributed by atoms with E-state index in [2.05, 4.69) is 0 Å². The van der Waals surface area contributed by atoms with Crippen molar-refractivity contribution >= 4 is 49.9 Å². The van der Waals surface area contributed by atoms with Crippen molar-refractivity contribution in [3.8, 4) is 0 Å². The first kappa shape index (κ1) is 22.3. The van der Waals surface area contributed by atoms with E-state index in [1.54, 1.807) is 37.3 Å². The number of hydrogen-bond donors (Lipinski definition) is 1. The summed E-state index contributed by atoms with van der Waals surface area (Å²) in [7, 11) is -3.26. The van der Waals surface area contributed by atoms with Crippen LogP contribution in [0.25, 0.3) is 10.9 Å². The minimum absolute atomic E-state index is 0.0124. The van der Waals surface area contributed by atoms with Gasteiger partial charge in [0, 0.05) is 23.9 Å². The molecule has 3 rings (SSSR count). The summed E-state index contributed by atoms with van der Waals surface area (Å²) in [4.78, 5) is 24.3. The molecule has 0 amide bonds. The predicted molar refractivity (Wildman–Crippen MR) is 119 cm³/mol. The van der Waals surface area contributed by atoms with Crippen LogP contribution < -0.4 is 5.43 Å². The Morgan fingerprint density at radius 3 is 2.57 bits per heavy atom. The number of benzene rings is 2.